The predicted octanol–water partition coefficient (Wildman–Crippen LogP) is 25.0. The molecule has 2 aliphatic heterocycles. The maximum Gasteiger partial charge on any atom is 0.0509 e. The van der Waals surface area contributed by atoms with Gasteiger partial charge in [-0.25, -0.2) is 0 Å². The largest absolute Gasteiger partial charge is 0.344 e. The summed E-state index contributed by atoms with van der Waals surface area (Å²) in [6.45, 7) is 0. The first-order chi connectivity index (χ1) is 47.5. The van der Waals surface area contributed by atoms with Gasteiger partial charge in [-0.15, -0.1) is 0 Å². The fraction of sp³-hybridized carbons (Fsp3) is 0.0652. The van der Waals surface area contributed by atoms with Crippen molar-refractivity contribution in [1.82, 2.24) is 0 Å². The van der Waals surface area contributed by atoms with E-state index >= 15 is 0 Å². The molecule has 2 unspecified atom stereocenters. The number of hydrogen-bond donors (Lipinski definition) is 0. The third-order valence-electron chi connectivity index (χ3n) is 20.0. The minimum atomic E-state index is 0.195. The van der Waals surface area contributed by atoms with Gasteiger partial charge in [-0.3, -0.25) is 0 Å². The van der Waals surface area contributed by atoms with Crippen molar-refractivity contribution in [3.05, 3.63) is 372 Å². The first-order valence-electron chi connectivity index (χ1n) is 33.6. The molecule has 13 aromatic rings. The van der Waals surface area contributed by atoms with Gasteiger partial charge in [0, 0.05) is 88.2 Å². The number of benzene rings is 13. The molecule has 4 nitrogen and oxygen atoms in total. The lowest BCUT2D eigenvalue weighted by molar-refractivity contribution is 0.739. The quantitative estimate of drug-likeness (QED) is 0.0893. The molecule has 0 N–H and O–H groups in total. The van der Waals surface area contributed by atoms with Gasteiger partial charge in [0.15, 0.2) is 0 Å². The molecule has 2 aliphatic carbocycles. The molecule has 2 heterocycles. The van der Waals surface area contributed by atoms with Crippen LogP contribution in [-0.2, 0) is 0 Å². The summed E-state index contributed by atoms with van der Waals surface area (Å²) in [5, 5.41) is 4.87. The van der Waals surface area contributed by atoms with E-state index in [4.69, 9.17) is 0 Å². The number of para-hydroxylation sites is 4. The van der Waals surface area contributed by atoms with Gasteiger partial charge in [0.2, 0.25) is 0 Å². The van der Waals surface area contributed by atoms with Gasteiger partial charge in [0.05, 0.1) is 5.69 Å². The summed E-state index contributed by atoms with van der Waals surface area (Å²) in [6, 6.07) is 107. The second-order valence-electron chi connectivity index (χ2n) is 25.6. The van der Waals surface area contributed by atoms with Crippen molar-refractivity contribution in [2.75, 3.05) is 33.7 Å². The van der Waals surface area contributed by atoms with E-state index in [0.29, 0.717) is 0 Å². The molecule has 0 saturated carbocycles. The highest BCUT2D eigenvalue weighted by atomic mass is 15.2. The van der Waals surface area contributed by atoms with Crippen LogP contribution in [0.2, 0.25) is 0 Å². The van der Waals surface area contributed by atoms with E-state index in [1.54, 1.807) is 0 Å². The van der Waals surface area contributed by atoms with Crippen molar-refractivity contribution in [2.24, 2.45) is 0 Å². The van der Waals surface area contributed by atoms with Crippen LogP contribution in [0.15, 0.2) is 328 Å². The maximum absolute atomic E-state index is 2.43. The average Bonchev–Trinajstić information content (AvgIpc) is 0.978. The lowest BCUT2D eigenvalue weighted by Crippen LogP contribution is -2.14. The number of rotatable bonds is 12. The summed E-state index contributed by atoms with van der Waals surface area (Å²) in [7, 11) is 4.49. The zero-order chi connectivity index (χ0) is 64.1. The van der Waals surface area contributed by atoms with Crippen LogP contribution >= 0.6 is 0 Å². The van der Waals surface area contributed by atoms with E-state index < -0.39 is 0 Å². The Morgan fingerprint density at radius 1 is 0.333 bits per heavy atom. The van der Waals surface area contributed by atoms with E-state index in [-0.39, 0.29) is 11.8 Å². The molecule has 0 saturated heterocycles. The third-order valence-corrected chi connectivity index (χ3v) is 20.0. The molecule has 13 aromatic carbocycles. The topological polar surface area (TPSA) is 13.0 Å². The second-order valence-corrected chi connectivity index (χ2v) is 25.6. The highest BCUT2D eigenvalue weighted by Gasteiger charge is 2.33. The minimum absolute atomic E-state index is 0.195. The summed E-state index contributed by atoms with van der Waals surface area (Å²) < 4.78 is 0. The van der Waals surface area contributed by atoms with Gasteiger partial charge in [0.25, 0.3) is 0 Å². The zero-order valence-electron chi connectivity index (χ0n) is 53.8. The van der Waals surface area contributed by atoms with E-state index in [0.717, 1.165) is 69.2 Å². The van der Waals surface area contributed by atoms with Gasteiger partial charge in [-0.2, -0.15) is 0 Å². The Labute approximate surface area is 563 Å². The van der Waals surface area contributed by atoms with Crippen LogP contribution in [0.3, 0.4) is 0 Å². The van der Waals surface area contributed by atoms with Crippen LogP contribution in [0, 0.1) is 0 Å². The normalized spacial score (nSPS) is 15.2. The van der Waals surface area contributed by atoms with Crippen molar-refractivity contribution in [1.29, 1.82) is 0 Å². The molecule has 96 heavy (non-hydrogen) atoms. The van der Waals surface area contributed by atoms with Gasteiger partial charge >= 0.3 is 0 Å². The highest BCUT2D eigenvalue weighted by Crippen LogP contribution is 2.53. The number of nitrogens with zero attached hydrogens (tertiary/aromatic N) is 4. The SMILES string of the molecule is CN1c2cc(N(c3ccccc3)c3ccccc3)ccc2C2=C(CCC=C2)c2ccc(/C=C/c3ccc4c(-c5ccccc5)c(-c5ccccc5)c5ccc(/C=C/c6ccc7c(c6)N(C)c6cc(N(c8ccccc8)c8ccccc8)ccc6C6C=CC=CC76)cc5c4c3)cc21. The fourth-order valence-electron chi connectivity index (χ4n) is 15.4. The van der Waals surface area contributed by atoms with E-state index in [1.807, 2.05) is 0 Å². The Bertz CT molecular complexity index is 5240. The minimum Gasteiger partial charge on any atom is -0.344 e. The van der Waals surface area contributed by atoms with Crippen LogP contribution in [0.25, 0.3) is 79.2 Å². The second kappa shape index (κ2) is 24.8. The first kappa shape index (κ1) is 57.9. The summed E-state index contributed by atoms with van der Waals surface area (Å²) in [5.74, 6) is 0.390. The van der Waals surface area contributed by atoms with Crippen molar-refractivity contribution < 1.29 is 0 Å². The molecule has 0 bridgehead atoms. The molecular formula is C92H70N4. The van der Waals surface area contributed by atoms with Crippen molar-refractivity contribution in [2.45, 2.75) is 24.7 Å². The van der Waals surface area contributed by atoms with Gasteiger partial charge in [-0.05, 0) is 198 Å². The van der Waals surface area contributed by atoms with Crippen LogP contribution < -0.4 is 19.6 Å². The Balaban J connectivity index is 0.752. The molecule has 4 heteroatoms. The van der Waals surface area contributed by atoms with E-state index in [1.165, 1.54) is 99.9 Å². The average molecular weight is 1230 g/mol. The van der Waals surface area contributed by atoms with Crippen LogP contribution in [0.5, 0.6) is 0 Å². The maximum atomic E-state index is 2.43. The zero-order valence-corrected chi connectivity index (χ0v) is 53.8. The molecule has 0 radical (unpaired) electrons. The fourth-order valence-corrected chi connectivity index (χ4v) is 15.4. The third kappa shape index (κ3) is 10.5. The van der Waals surface area contributed by atoms with Crippen molar-refractivity contribution in [3.63, 3.8) is 0 Å². The Kier molecular flexibility index (Phi) is 15.0. The Hall–Kier alpha value is -12.0. The molecule has 458 valence electrons. The van der Waals surface area contributed by atoms with Crippen LogP contribution in [0.1, 0.15) is 69.2 Å². The Morgan fingerprint density at radius 2 is 0.708 bits per heavy atom. The van der Waals surface area contributed by atoms with E-state index in [9.17, 15) is 0 Å². The molecular weight excluding hydrogens is 1160 g/mol. The van der Waals surface area contributed by atoms with Crippen molar-refractivity contribution in [3.8, 4) is 22.3 Å². The lowest BCUT2D eigenvalue weighted by atomic mass is 9.79. The molecule has 17 rings (SSSR count). The first-order valence-corrected chi connectivity index (χ1v) is 33.6. The smallest absolute Gasteiger partial charge is 0.0509 e. The molecule has 2 atom stereocenters. The molecule has 4 aliphatic rings. The summed E-state index contributed by atoms with van der Waals surface area (Å²) in [5.41, 5.74) is 28.8. The lowest BCUT2D eigenvalue weighted by Gasteiger charge is -2.29. The molecule has 0 spiro atoms. The number of hydrogen-bond acceptors (Lipinski definition) is 4. The monoisotopic (exact) mass is 1230 g/mol. The Morgan fingerprint density at radius 3 is 1.21 bits per heavy atom. The summed E-state index contributed by atoms with van der Waals surface area (Å²) >= 11 is 0. The number of fused-ring (bicyclic) bond motifs is 12. The standard InChI is InChI=1S/C92H70N4/c1-93-87-59-65(45-51-79(87)75-37-21-23-39-77(75)81-55-49-73(61-89(81)93)95(69-29-13-5-14-30-69)70-31-15-6-16-32-70)43-41-63-47-53-83-85(57-63)86-58-64(48-54-84(86)92(68-27-11-4-12-28-68)91(83)67-25-9-3-10-26-67)42-44-66-46-52-80-76-38-22-24-40-78(76)82-56-50-74(62-90(82)94(2)88(80)60-66)96(71-33-17-7-18-34-71)72-35-19-8-20-36-72/h3-21,23-37,39-62,75,77H,22,38H2,1-2H3/b43-41+,44-42+. The van der Waals surface area contributed by atoms with Gasteiger partial charge < -0.3 is 19.6 Å². The van der Waals surface area contributed by atoms with Crippen LogP contribution in [-0.4, -0.2) is 14.1 Å². The number of allylic oxidation sites excluding steroid dienone is 8. The predicted molar refractivity (Wildman–Crippen MR) is 410 cm³/mol. The van der Waals surface area contributed by atoms with Crippen LogP contribution in [0.4, 0.5) is 56.9 Å². The van der Waals surface area contributed by atoms with Gasteiger partial charge in [-0.1, -0.05) is 255 Å². The van der Waals surface area contributed by atoms with E-state index in [2.05, 4.69) is 386 Å². The molecule has 0 amide bonds. The van der Waals surface area contributed by atoms with Crippen molar-refractivity contribution >= 4 is 114 Å². The van der Waals surface area contributed by atoms with Gasteiger partial charge in [0.1, 0.15) is 0 Å². The molecule has 0 aromatic heterocycles. The molecule has 0 fully saturated rings. The summed E-state index contributed by atoms with van der Waals surface area (Å²) in [4.78, 5) is 9.57. The summed E-state index contributed by atoms with van der Waals surface area (Å²) in [6.07, 6.45) is 25.1. The highest BCUT2D eigenvalue weighted by molar-refractivity contribution is 6.22. The number of anilines is 10.